The van der Waals surface area contributed by atoms with Gasteiger partial charge < -0.3 is 9.88 Å². The fourth-order valence-electron chi connectivity index (χ4n) is 3.52. The van der Waals surface area contributed by atoms with Gasteiger partial charge in [0.15, 0.2) is 0 Å². The normalized spacial score (nSPS) is 14.0. The van der Waals surface area contributed by atoms with Gasteiger partial charge in [-0.1, -0.05) is 36.4 Å². The zero-order chi connectivity index (χ0) is 19.3. The van der Waals surface area contributed by atoms with Crippen molar-refractivity contribution in [3.63, 3.8) is 0 Å². The monoisotopic (exact) mass is 387 g/mol. The molecule has 3 aromatic rings. The summed E-state index contributed by atoms with van der Waals surface area (Å²) in [5.74, 6) is 1.41. The summed E-state index contributed by atoms with van der Waals surface area (Å²) in [4.78, 5) is 17.7. The summed E-state index contributed by atoms with van der Waals surface area (Å²) < 4.78 is 0. The summed E-state index contributed by atoms with van der Waals surface area (Å²) in [6.07, 6.45) is 5.04. The molecular weight excluding hydrogens is 366 g/mol. The highest BCUT2D eigenvalue weighted by atomic mass is 32.2. The minimum absolute atomic E-state index is 0.186. The maximum Gasteiger partial charge on any atom is 0.232 e. The van der Waals surface area contributed by atoms with E-state index in [0.717, 1.165) is 35.2 Å². The molecule has 2 heterocycles. The number of fused-ring (bicyclic) bond motifs is 1. The number of aromatic amines is 1. The number of carbonyl (C=O) groups is 1. The van der Waals surface area contributed by atoms with E-state index in [1.54, 1.807) is 11.8 Å². The van der Waals surface area contributed by atoms with E-state index in [9.17, 15) is 4.79 Å². The zero-order valence-electron chi connectivity index (χ0n) is 15.5. The Kier molecular flexibility index (Phi) is 5.50. The van der Waals surface area contributed by atoms with Gasteiger partial charge in [0.25, 0.3) is 0 Å². The van der Waals surface area contributed by atoms with Gasteiger partial charge in [0, 0.05) is 35.9 Å². The number of hydrogen-bond acceptors (Lipinski definition) is 3. The van der Waals surface area contributed by atoms with Crippen molar-refractivity contribution >= 4 is 34.1 Å². The average Bonchev–Trinajstić information content (AvgIpc) is 3.16. The number of hydrogen-bond donors (Lipinski definition) is 1. The van der Waals surface area contributed by atoms with E-state index in [1.165, 1.54) is 11.1 Å². The van der Waals surface area contributed by atoms with Crippen LogP contribution in [0.5, 0.6) is 0 Å². The van der Waals surface area contributed by atoms with E-state index in [-0.39, 0.29) is 5.91 Å². The number of nitrogens with zero attached hydrogens (tertiary/aromatic N) is 2. The fourth-order valence-corrected chi connectivity index (χ4v) is 4.44. The van der Waals surface area contributed by atoms with Crippen LogP contribution in [-0.4, -0.2) is 34.6 Å². The summed E-state index contributed by atoms with van der Waals surface area (Å²) in [7, 11) is 0. The molecule has 0 bridgehead atoms. The van der Waals surface area contributed by atoms with Crippen LogP contribution in [0.25, 0.3) is 16.5 Å². The molecule has 0 fully saturated rings. The number of thioether (sulfide) groups is 1. The van der Waals surface area contributed by atoms with Crippen molar-refractivity contribution in [2.45, 2.75) is 12.2 Å². The summed E-state index contributed by atoms with van der Waals surface area (Å²) in [6, 6.07) is 18.2. The van der Waals surface area contributed by atoms with Gasteiger partial charge in [-0.15, -0.1) is 11.8 Å². The molecule has 0 spiro atoms. The predicted octanol–water partition coefficient (Wildman–Crippen LogP) is 4.59. The average molecular weight is 388 g/mol. The van der Waals surface area contributed by atoms with Crippen LogP contribution in [0, 0.1) is 11.3 Å². The molecule has 28 heavy (non-hydrogen) atoms. The summed E-state index contributed by atoms with van der Waals surface area (Å²) in [5.41, 5.74) is 5.39. The first-order chi connectivity index (χ1) is 13.7. The Hall–Kier alpha value is -2.97. The highest BCUT2D eigenvalue weighted by molar-refractivity contribution is 7.99. The predicted molar refractivity (Wildman–Crippen MR) is 115 cm³/mol. The van der Waals surface area contributed by atoms with Crippen molar-refractivity contribution in [1.29, 1.82) is 5.26 Å². The van der Waals surface area contributed by atoms with Crippen molar-refractivity contribution < 1.29 is 4.79 Å². The third-order valence-electron chi connectivity index (χ3n) is 5.09. The third-order valence-corrected chi connectivity index (χ3v) is 6.05. The lowest BCUT2D eigenvalue weighted by Crippen LogP contribution is -2.35. The number of nitrogens with one attached hydrogen (secondary N) is 1. The minimum Gasteiger partial charge on any atom is -0.361 e. The maximum absolute atomic E-state index is 12.6. The van der Waals surface area contributed by atoms with Gasteiger partial charge in [0.2, 0.25) is 5.91 Å². The van der Waals surface area contributed by atoms with Crippen LogP contribution in [0.2, 0.25) is 0 Å². The molecule has 1 N–H and O–H groups in total. The fraction of sp³-hybridized carbons (Fsp3) is 0.217. The Balaban J connectivity index is 1.32. The van der Waals surface area contributed by atoms with E-state index >= 15 is 0 Å². The number of rotatable bonds is 5. The Morgan fingerprint density at radius 3 is 2.82 bits per heavy atom. The molecule has 0 saturated carbocycles. The Labute approximate surface area is 168 Å². The molecule has 0 unspecified atom stereocenters. The molecular formula is C23H21N3OS. The molecule has 0 atom stereocenters. The maximum atomic E-state index is 12.6. The number of benzene rings is 2. The van der Waals surface area contributed by atoms with Crippen molar-refractivity contribution in [2.24, 2.45) is 0 Å². The topological polar surface area (TPSA) is 59.9 Å². The first-order valence-electron chi connectivity index (χ1n) is 9.34. The summed E-state index contributed by atoms with van der Waals surface area (Å²) in [6.45, 7) is 1.46. The van der Waals surface area contributed by atoms with Crippen LogP contribution < -0.4 is 0 Å². The molecule has 1 aliphatic heterocycles. The van der Waals surface area contributed by atoms with E-state index in [0.29, 0.717) is 17.9 Å². The third kappa shape index (κ3) is 3.97. The number of amides is 1. The van der Waals surface area contributed by atoms with Crippen LogP contribution in [0.4, 0.5) is 0 Å². The van der Waals surface area contributed by atoms with Crippen LogP contribution in [0.3, 0.4) is 0 Å². The van der Waals surface area contributed by atoms with Gasteiger partial charge in [0.1, 0.15) is 0 Å². The largest absolute Gasteiger partial charge is 0.361 e. The zero-order valence-corrected chi connectivity index (χ0v) is 16.3. The molecule has 4 rings (SSSR count). The SMILES string of the molecule is N#Cc1ccc2[nH]cc(CSCC(=O)N3CC=C(c4ccccc4)CC3)c2c1. The number of aromatic nitrogens is 1. The number of H-pyrrole nitrogens is 1. The second-order valence-electron chi connectivity index (χ2n) is 6.86. The van der Waals surface area contributed by atoms with E-state index in [1.807, 2.05) is 35.4 Å². The van der Waals surface area contributed by atoms with Gasteiger partial charge in [-0.2, -0.15) is 5.26 Å². The van der Waals surface area contributed by atoms with Crippen molar-refractivity contribution in [3.8, 4) is 6.07 Å². The van der Waals surface area contributed by atoms with E-state index < -0.39 is 0 Å². The molecule has 5 heteroatoms. The lowest BCUT2D eigenvalue weighted by atomic mass is 10.00. The number of carbonyl (C=O) groups excluding carboxylic acids is 1. The van der Waals surface area contributed by atoms with Crippen LogP contribution >= 0.6 is 11.8 Å². The quantitative estimate of drug-likeness (QED) is 0.697. The molecule has 2 aromatic carbocycles. The molecule has 0 aliphatic carbocycles. The second-order valence-corrected chi connectivity index (χ2v) is 7.85. The lowest BCUT2D eigenvalue weighted by Gasteiger charge is -2.26. The van der Waals surface area contributed by atoms with Gasteiger partial charge in [0.05, 0.1) is 17.4 Å². The Morgan fingerprint density at radius 1 is 1.21 bits per heavy atom. The molecule has 1 aliphatic rings. The second kappa shape index (κ2) is 8.37. The molecule has 140 valence electrons. The van der Waals surface area contributed by atoms with Gasteiger partial charge in [-0.05, 0) is 41.3 Å². The first kappa shape index (κ1) is 18.4. The van der Waals surface area contributed by atoms with Crippen LogP contribution in [0.15, 0.2) is 60.8 Å². The highest BCUT2D eigenvalue weighted by Gasteiger charge is 2.18. The molecule has 0 radical (unpaired) electrons. The van der Waals surface area contributed by atoms with E-state index in [2.05, 4.69) is 41.4 Å². The van der Waals surface area contributed by atoms with Gasteiger partial charge in [-0.3, -0.25) is 4.79 Å². The molecule has 4 nitrogen and oxygen atoms in total. The van der Waals surface area contributed by atoms with Crippen molar-refractivity contribution in [2.75, 3.05) is 18.8 Å². The standard InChI is InChI=1S/C23H21N3OS/c24-13-17-6-7-22-21(12-17)20(14-25-22)15-28-16-23(27)26-10-8-19(9-11-26)18-4-2-1-3-5-18/h1-8,12,14,25H,9-11,15-16H2. The first-order valence-corrected chi connectivity index (χ1v) is 10.5. The van der Waals surface area contributed by atoms with Crippen LogP contribution in [0.1, 0.15) is 23.1 Å². The van der Waals surface area contributed by atoms with Crippen molar-refractivity contribution in [1.82, 2.24) is 9.88 Å². The van der Waals surface area contributed by atoms with Gasteiger partial charge >= 0.3 is 0 Å². The number of nitriles is 1. The Bertz CT molecular complexity index is 1060. The van der Waals surface area contributed by atoms with E-state index in [4.69, 9.17) is 5.26 Å². The van der Waals surface area contributed by atoms with Gasteiger partial charge in [-0.25, -0.2) is 0 Å². The minimum atomic E-state index is 0.186. The summed E-state index contributed by atoms with van der Waals surface area (Å²) >= 11 is 1.62. The smallest absolute Gasteiger partial charge is 0.232 e. The van der Waals surface area contributed by atoms with Crippen LogP contribution in [-0.2, 0) is 10.5 Å². The highest BCUT2D eigenvalue weighted by Crippen LogP contribution is 2.25. The molecule has 1 amide bonds. The Morgan fingerprint density at radius 2 is 2.07 bits per heavy atom. The van der Waals surface area contributed by atoms with Crippen molar-refractivity contribution in [3.05, 3.63) is 77.5 Å². The summed E-state index contributed by atoms with van der Waals surface area (Å²) in [5, 5.41) is 10.2. The molecule has 1 aromatic heterocycles. The lowest BCUT2D eigenvalue weighted by molar-refractivity contribution is -0.127. The molecule has 0 saturated heterocycles.